The van der Waals surface area contributed by atoms with Gasteiger partial charge in [-0.15, -0.1) is 0 Å². The summed E-state index contributed by atoms with van der Waals surface area (Å²) in [4.78, 5) is 2.31. The molecule has 0 aromatic heterocycles. The summed E-state index contributed by atoms with van der Waals surface area (Å²) in [6.07, 6.45) is 1.10. The lowest BCUT2D eigenvalue weighted by atomic mass is 9.87. The van der Waals surface area contributed by atoms with Crippen molar-refractivity contribution in [3.05, 3.63) is 0 Å². The van der Waals surface area contributed by atoms with Crippen molar-refractivity contribution in [2.45, 2.75) is 25.8 Å². The van der Waals surface area contributed by atoms with Crippen LogP contribution in [0.1, 0.15) is 20.3 Å². The Kier molecular flexibility index (Phi) is 2.02. The fourth-order valence-corrected chi connectivity index (χ4v) is 1.83. The molecule has 10 heavy (non-hydrogen) atoms. The van der Waals surface area contributed by atoms with Crippen LogP contribution in [0.3, 0.4) is 0 Å². The molecule has 1 rings (SSSR count). The zero-order chi connectivity index (χ0) is 7.78. The number of rotatable bonds is 1. The molecule has 0 amide bonds. The van der Waals surface area contributed by atoms with Crippen molar-refractivity contribution in [3.63, 3.8) is 0 Å². The van der Waals surface area contributed by atoms with E-state index in [1.807, 2.05) is 0 Å². The van der Waals surface area contributed by atoms with Crippen LogP contribution in [-0.4, -0.2) is 30.6 Å². The molecule has 0 spiro atoms. The van der Waals surface area contributed by atoms with Crippen molar-refractivity contribution in [1.29, 1.82) is 0 Å². The van der Waals surface area contributed by atoms with Gasteiger partial charge in [-0.25, -0.2) is 0 Å². The van der Waals surface area contributed by atoms with Gasteiger partial charge in [-0.2, -0.15) is 0 Å². The normalized spacial score (nSPS) is 42.6. The highest BCUT2D eigenvalue weighted by Crippen LogP contribution is 2.26. The molecule has 1 fully saturated rings. The summed E-state index contributed by atoms with van der Waals surface area (Å²) in [7, 11) is 2.14. The smallest absolute Gasteiger partial charge is 0.0318 e. The Hall–Kier alpha value is -0.0800. The van der Waals surface area contributed by atoms with Gasteiger partial charge in [0.05, 0.1) is 0 Å². The summed E-state index contributed by atoms with van der Waals surface area (Å²) in [6.45, 7) is 6.64. The molecule has 1 aliphatic rings. The molecule has 0 aromatic rings. The van der Waals surface area contributed by atoms with E-state index in [1.165, 1.54) is 0 Å². The minimum atomic E-state index is 0.0920. The number of hydrogen-bond donors (Lipinski definition) is 1. The highest BCUT2D eigenvalue weighted by atomic mass is 15.2. The average molecular weight is 142 g/mol. The van der Waals surface area contributed by atoms with Crippen LogP contribution in [0.2, 0.25) is 0 Å². The van der Waals surface area contributed by atoms with Gasteiger partial charge in [-0.05, 0) is 19.4 Å². The first kappa shape index (κ1) is 8.02. The van der Waals surface area contributed by atoms with E-state index < -0.39 is 0 Å². The first-order valence-corrected chi connectivity index (χ1v) is 4.06. The van der Waals surface area contributed by atoms with Crippen molar-refractivity contribution in [1.82, 2.24) is 4.90 Å². The molecule has 0 unspecified atom stereocenters. The Morgan fingerprint density at radius 3 is 2.50 bits per heavy atom. The molecule has 0 radical (unpaired) electrons. The molecule has 1 heterocycles. The third-order valence-electron chi connectivity index (χ3n) is 2.79. The SMILES string of the molecule is CC[C@@]1(N)CN(C)C[C@@H]1C. The Morgan fingerprint density at radius 2 is 2.30 bits per heavy atom. The van der Waals surface area contributed by atoms with Crippen LogP contribution >= 0.6 is 0 Å². The van der Waals surface area contributed by atoms with E-state index in [1.54, 1.807) is 0 Å². The molecule has 60 valence electrons. The molecule has 0 aromatic carbocycles. The van der Waals surface area contributed by atoms with E-state index in [4.69, 9.17) is 5.73 Å². The highest BCUT2D eigenvalue weighted by Gasteiger charge is 2.37. The summed E-state index contributed by atoms with van der Waals surface area (Å²) in [5, 5.41) is 0. The van der Waals surface area contributed by atoms with Crippen LogP contribution in [0.4, 0.5) is 0 Å². The first-order chi connectivity index (χ1) is 4.58. The van der Waals surface area contributed by atoms with Crippen molar-refractivity contribution in [3.8, 4) is 0 Å². The van der Waals surface area contributed by atoms with Gasteiger partial charge < -0.3 is 10.6 Å². The molecule has 2 nitrogen and oxygen atoms in total. The Morgan fingerprint density at radius 1 is 1.70 bits per heavy atom. The van der Waals surface area contributed by atoms with Gasteiger partial charge >= 0.3 is 0 Å². The summed E-state index contributed by atoms with van der Waals surface area (Å²) in [5.74, 6) is 0.655. The number of nitrogens with zero attached hydrogens (tertiary/aromatic N) is 1. The second kappa shape index (κ2) is 2.51. The molecule has 0 bridgehead atoms. The van der Waals surface area contributed by atoms with Gasteiger partial charge in [-0.3, -0.25) is 0 Å². The third kappa shape index (κ3) is 1.18. The standard InChI is InChI=1S/C8H18N2/c1-4-8(9)6-10(3)5-7(8)2/h7H,4-6,9H2,1-3H3/t7-,8+/m0/s1. The van der Waals surface area contributed by atoms with Gasteiger partial charge in [0.15, 0.2) is 0 Å². The van der Waals surface area contributed by atoms with Crippen LogP contribution < -0.4 is 5.73 Å². The lowest BCUT2D eigenvalue weighted by Gasteiger charge is -2.26. The minimum absolute atomic E-state index is 0.0920. The maximum atomic E-state index is 6.15. The largest absolute Gasteiger partial charge is 0.324 e. The van der Waals surface area contributed by atoms with Gasteiger partial charge in [0.1, 0.15) is 0 Å². The van der Waals surface area contributed by atoms with E-state index in [-0.39, 0.29) is 5.54 Å². The van der Waals surface area contributed by atoms with Crippen LogP contribution in [0.15, 0.2) is 0 Å². The number of hydrogen-bond acceptors (Lipinski definition) is 2. The minimum Gasteiger partial charge on any atom is -0.324 e. The maximum absolute atomic E-state index is 6.15. The van der Waals surface area contributed by atoms with Crippen LogP contribution in [0.25, 0.3) is 0 Å². The molecule has 0 saturated carbocycles. The molecule has 2 atom stereocenters. The zero-order valence-corrected chi connectivity index (χ0v) is 7.22. The second-order valence-electron chi connectivity index (χ2n) is 3.68. The lowest BCUT2D eigenvalue weighted by Crippen LogP contribution is -2.45. The second-order valence-corrected chi connectivity index (χ2v) is 3.68. The topological polar surface area (TPSA) is 29.3 Å². The van der Waals surface area contributed by atoms with Gasteiger partial charge in [0, 0.05) is 18.6 Å². The lowest BCUT2D eigenvalue weighted by molar-refractivity contribution is 0.341. The molecule has 1 aliphatic heterocycles. The first-order valence-electron chi connectivity index (χ1n) is 4.06. The molecule has 2 N–H and O–H groups in total. The Balaban J connectivity index is 2.61. The van der Waals surface area contributed by atoms with E-state index in [9.17, 15) is 0 Å². The summed E-state index contributed by atoms with van der Waals surface area (Å²) in [5.41, 5.74) is 6.24. The van der Waals surface area contributed by atoms with Crippen molar-refractivity contribution in [2.75, 3.05) is 20.1 Å². The van der Waals surface area contributed by atoms with Gasteiger partial charge in [0.25, 0.3) is 0 Å². The number of likely N-dealkylation sites (tertiary alicyclic amines) is 1. The fourth-order valence-electron chi connectivity index (χ4n) is 1.83. The molecular weight excluding hydrogens is 124 g/mol. The Labute approximate surface area is 63.4 Å². The quantitative estimate of drug-likeness (QED) is 0.583. The van der Waals surface area contributed by atoms with Crippen molar-refractivity contribution >= 4 is 0 Å². The monoisotopic (exact) mass is 142 g/mol. The predicted octanol–water partition coefficient (Wildman–Crippen LogP) is 0.675. The summed E-state index contributed by atoms with van der Waals surface area (Å²) < 4.78 is 0. The molecule has 0 aliphatic carbocycles. The van der Waals surface area contributed by atoms with E-state index in [2.05, 4.69) is 25.8 Å². The number of likely N-dealkylation sites (N-methyl/N-ethyl adjacent to an activating group) is 1. The molecule has 2 heteroatoms. The van der Waals surface area contributed by atoms with Gasteiger partial charge in [0.2, 0.25) is 0 Å². The fraction of sp³-hybridized carbons (Fsp3) is 1.00. The molecular formula is C8H18N2. The van der Waals surface area contributed by atoms with E-state index in [0.29, 0.717) is 5.92 Å². The van der Waals surface area contributed by atoms with Crippen LogP contribution in [-0.2, 0) is 0 Å². The number of nitrogens with two attached hydrogens (primary N) is 1. The Bertz CT molecular complexity index is 124. The van der Waals surface area contributed by atoms with E-state index >= 15 is 0 Å². The third-order valence-corrected chi connectivity index (χ3v) is 2.79. The van der Waals surface area contributed by atoms with Crippen molar-refractivity contribution in [2.24, 2.45) is 11.7 Å². The predicted molar refractivity (Wildman–Crippen MR) is 43.9 cm³/mol. The maximum Gasteiger partial charge on any atom is 0.0318 e. The van der Waals surface area contributed by atoms with Gasteiger partial charge in [-0.1, -0.05) is 13.8 Å². The highest BCUT2D eigenvalue weighted by molar-refractivity contribution is 4.97. The summed E-state index contributed by atoms with van der Waals surface area (Å²) >= 11 is 0. The summed E-state index contributed by atoms with van der Waals surface area (Å²) in [6, 6.07) is 0. The van der Waals surface area contributed by atoms with E-state index in [0.717, 1.165) is 19.5 Å². The molecule has 1 saturated heterocycles. The average Bonchev–Trinajstić information content (AvgIpc) is 2.09. The zero-order valence-electron chi connectivity index (χ0n) is 7.22. The van der Waals surface area contributed by atoms with Crippen LogP contribution in [0, 0.1) is 5.92 Å². The van der Waals surface area contributed by atoms with Crippen LogP contribution in [0.5, 0.6) is 0 Å². The van der Waals surface area contributed by atoms with Crippen molar-refractivity contribution < 1.29 is 0 Å².